The molecule has 0 aliphatic carbocycles. The molecule has 6 nitrogen and oxygen atoms in total. The lowest BCUT2D eigenvalue weighted by atomic mass is 10.1. The van der Waals surface area contributed by atoms with Gasteiger partial charge in [-0.15, -0.1) is 11.3 Å². The minimum Gasteiger partial charge on any atom is -0.326 e. The standard InChI is InChI=1S/C21H29N3O3S2/c1-3-16(2)24(15-18-7-5-13-28-18)12-11-22-29(26,27)19-9-10-20-17(14-19)6-4-8-21(25)23-20/h5,7,9-10,13-14,16,22H,3-4,6,8,11-12,15H2,1-2H3,(H,23,25). The lowest BCUT2D eigenvalue weighted by Gasteiger charge is -2.28. The monoisotopic (exact) mass is 435 g/mol. The first-order valence-electron chi connectivity index (χ1n) is 10.1. The number of carbonyl (C=O) groups is 1. The largest absolute Gasteiger partial charge is 0.326 e. The molecular formula is C21H29N3O3S2. The molecule has 0 bridgehead atoms. The van der Waals surface area contributed by atoms with Crippen LogP contribution in [0.1, 0.15) is 43.6 Å². The van der Waals surface area contributed by atoms with Gasteiger partial charge in [-0.25, -0.2) is 13.1 Å². The fraction of sp³-hybridized carbons (Fsp3) is 0.476. The van der Waals surface area contributed by atoms with Crippen LogP contribution in [-0.4, -0.2) is 38.4 Å². The summed E-state index contributed by atoms with van der Waals surface area (Å²) < 4.78 is 28.3. The molecule has 158 valence electrons. The Morgan fingerprint density at radius 3 is 2.83 bits per heavy atom. The zero-order chi connectivity index (χ0) is 20.9. The third-order valence-corrected chi connectivity index (χ3v) is 7.68. The van der Waals surface area contributed by atoms with Gasteiger partial charge in [-0.05, 0) is 61.4 Å². The van der Waals surface area contributed by atoms with Gasteiger partial charge >= 0.3 is 0 Å². The molecule has 1 amide bonds. The highest BCUT2D eigenvalue weighted by atomic mass is 32.2. The van der Waals surface area contributed by atoms with E-state index in [4.69, 9.17) is 0 Å². The Labute approximate surface area is 177 Å². The predicted octanol–water partition coefficient (Wildman–Crippen LogP) is 3.60. The van der Waals surface area contributed by atoms with E-state index in [1.54, 1.807) is 29.5 Å². The van der Waals surface area contributed by atoms with Crippen LogP contribution in [0.4, 0.5) is 5.69 Å². The number of hydrogen-bond acceptors (Lipinski definition) is 5. The van der Waals surface area contributed by atoms with Gasteiger partial charge in [0, 0.05) is 42.7 Å². The van der Waals surface area contributed by atoms with E-state index in [1.165, 1.54) is 4.88 Å². The molecule has 2 heterocycles. The highest BCUT2D eigenvalue weighted by Gasteiger charge is 2.20. The Morgan fingerprint density at radius 1 is 1.28 bits per heavy atom. The van der Waals surface area contributed by atoms with E-state index in [1.807, 2.05) is 6.07 Å². The van der Waals surface area contributed by atoms with Gasteiger partial charge in [0.1, 0.15) is 0 Å². The molecule has 1 aliphatic rings. The van der Waals surface area contributed by atoms with Crippen molar-refractivity contribution in [1.29, 1.82) is 0 Å². The van der Waals surface area contributed by atoms with Crippen molar-refractivity contribution < 1.29 is 13.2 Å². The Balaban J connectivity index is 1.64. The van der Waals surface area contributed by atoms with Gasteiger partial charge in [-0.3, -0.25) is 9.69 Å². The second-order valence-corrected chi connectivity index (χ2v) is 10.2. The molecule has 3 rings (SSSR count). The maximum Gasteiger partial charge on any atom is 0.240 e. The van der Waals surface area contributed by atoms with Crippen molar-refractivity contribution >= 4 is 33.0 Å². The summed E-state index contributed by atoms with van der Waals surface area (Å²) in [5.41, 5.74) is 1.59. The van der Waals surface area contributed by atoms with Gasteiger partial charge in [0.15, 0.2) is 0 Å². The fourth-order valence-corrected chi connectivity index (χ4v) is 5.24. The number of sulfonamides is 1. The highest BCUT2D eigenvalue weighted by molar-refractivity contribution is 7.89. The normalized spacial score (nSPS) is 15.6. The second-order valence-electron chi connectivity index (χ2n) is 7.43. The maximum absolute atomic E-state index is 12.8. The minimum absolute atomic E-state index is 0.0200. The van der Waals surface area contributed by atoms with Gasteiger partial charge < -0.3 is 5.32 Å². The molecule has 1 unspecified atom stereocenters. The average molecular weight is 436 g/mol. The predicted molar refractivity (Wildman–Crippen MR) is 118 cm³/mol. The van der Waals surface area contributed by atoms with E-state index in [0.29, 0.717) is 37.7 Å². The van der Waals surface area contributed by atoms with E-state index >= 15 is 0 Å². The summed E-state index contributed by atoms with van der Waals surface area (Å²) in [4.78, 5) is 15.5. The van der Waals surface area contributed by atoms with E-state index in [9.17, 15) is 13.2 Å². The number of fused-ring (bicyclic) bond motifs is 1. The molecule has 2 aromatic rings. The summed E-state index contributed by atoms with van der Waals surface area (Å²) in [6, 6.07) is 9.45. The number of amides is 1. The molecule has 0 saturated carbocycles. The number of rotatable bonds is 9. The maximum atomic E-state index is 12.8. The van der Waals surface area contributed by atoms with Crippen molar-refractivity contribution in [2.75, 3.05) is 18.4 Å². The first kappa shape index (κ1) is 22.0. The van der Waals surface area contributed by atoms with Crippen molar-refractivity contribution in [3.63, 3.8) is 0 Å². The highest BCUT2D eigenvalue weighted by Crippen LogP contribution is 2.25. The van der Waals surface area contributed by atoms with Gasteiger partial charge in [-0.2, -0.15) is 0 Å². The lowest BCUT2D eigenvalue weighted by Crippen LogP contribution is -2.39. The van der Waals surface area contributed by atoms with Crippen LogP contribution >= 0.6 is 11.3 Å². The first-order chi connectivity index (χ1) is 13.9. The topological polar surface area (TPSA) is 78.5 Å². The molecule has 2 N–H and O–H groups in total. The Morgan fingerprint density at radius 2 is 2.10 bits per heavy atom. The molecule has 0 saturated heterocycles. The molecule has 0 fully saturated rings. The first-order valence-corrected chi connectivity index (χ1v) is 12.4. The molecule has 29 heavy (non-hydrogen) atoms. The van der Waals surface area contributed by atoms with E-state index in [2.05, 4.69) is 40.2 Å². The van der Waals surface area contributed by atoms with Crippen molar-refractivity contribution in [3.05, 3.63) is 46.2 Å². The van der Waals surface area contributed by atoms with Crippen LogP contribution in [0.3, 0.4) is 0 Å². The third kappa shape index (κ3) is 5.88. The fourth-order valence-electron chi connectivity index (χ4n) is 3.44. The molecule has 1 atom stereocenters. The van der Waals surface area contributed by atoms with Crippen molar-refractivity contribution in [2.45, 2.75) is 57.0 Å². The van der Waals surface area contributed by atoms with Gasteiger partial charge in [0.05, 0.1) is 4.90 Å². The summed E-state index contributed by atoms with van der Waals surface area (Å²) in [6.45, 7) is 6.14. The van der Waals surface area contributed by atoms with Gasteiger partial charge in [0.25, 0.3) is 0 Å². The van der Waals surface area contributed by atoms with Crippen molar-refractivity contribution in [2.24, 2.45) is 0 Å². The molecule has 1 aliphatic heterocycles. The summed E-state index contributed by atoms with van der Waals surface area (Å²) in [5, 5.41) is 4.90. The number of thiophene rings is 1. The molecule has 0 spiro atoms. The van der Waals surface area contributed by atoms with Crippen LogP contribution in [0.15, 0.2) is 40.6 Å². The molecule has 1 aromatic carbocycles. The summed E-state index contributed by atoms with van der Waals surface area (Å²) >= 11 is 1.72. The van der Waals surface area contributed by atoms with Crippen molar-refractivity contribution in [3.8, 4) is 0 Å². The zero-order valence-electron chi connectivity index (χ0n) is 17.0. The second kappa shape index (κ2) is 9.84. The van der Waals surface area contributed by atoms with Gasteiger partial charge in [-0.1, -0.05) is 13.0 Å². The number of nitrogens with zero attached hydrogens (tertiary/aromatic N) is 1. The Kier molecular flexibility index (Phi) is 7.45. The van der Waals surface area contributed by atoms with Gasteiger partial charge in [0.2, 0.25) is 15.9 Å². The molecule has 1 aromatic heterocycles. The number of hydrogen-bond donors (Lipinski definition) is 2. The summed E-state index contributed by atoms with van der Waals surface area (Å²) in [5.74, 6) is -0.0200. The summed E-state index contributed by atoms with van der Waals surface area (Å²) in [7, 11) is -3.60. The number of nitrogens with one attached hydrogen (secondary N) is 2. The van der Waals surface area contributed by atoms with E-state index in [0.717, 1.165) is 24.9 Å². The SMILES string of the molecule is CCC(C)N(CCNS(=O)(=O)c1ccc2c(c1)CCCC(=O)N2)Cc1cccs1. The quantitative estimate of drug-likeness (QED) is 0.631. The Hall–Kier alpha value is -1.74. The number of aryl methyl sites for hydroxylation is 1. The summed E-state index contributed by atoms with van der Waals surface area (Å²) in [6.07, 6.45) is 2.89. The molecule has 8 heteroatoms. The van der Waals surface area contributed by atoms with E-state index < -0.39 is 10.0 Å². The number of anilines is 1. The minimum atomic E-state index is -3.60. The van der Waals surface area contributed by atoms with Crippen LogP contribution in [0.25, 0.3) is 0 Å². The number of carbonyl (C=O) groups excluding carboxylic acids is 1. The van der Waals surface area contributed by atoms with E-state index in [-0.39, 0.29) is 10.8 Å². The smallest absolute Gasteiger partial charge is 0.240 e. The average Bonchev–Trinajstić information content (AvgIpc) is 3.13. The lowest BCUT2D eigenvalue weighted by molar-refractivity contribution is -0.116. The zero-order valence-corrected chi connectivity index (χ0v) is 18.6. The Bertz CT molecular complexity index is 927. The molecule has 0 radical (unpaired) electrons. The van der Waals surface area contributed by atoms with Crippen LogP contribution < -0.4 is 10.0 Å². The van der Waals surface area contributed by atoms with Crippen LogP contribution in [0.2, 0.25) is 0 Å². The van der Waals surface area contributed by atoms with Crippen LogP contribution in [0.5, 0.6) is 0 Å². The van der Waals surface area contributed by atoms with Crippen molar-refractivity contribution in [1.82, 2.24) is 9.62 Å². The third-order valence-electron chi connectivity index (χ3n) is 5.36. The molecular weight excluding hydrogens is 406 g/mol. The van der Waals surface area contributed by atoms with Crippen LogP contribution in [-0.2, 0) is 27.8 Å². The number of benzene rings is 1. The van der Waals surface area contributed by atoms with Crippen LogP contribution in [0, 0.1) is 0 Å².